The highest BCUT2D eigenvalue weighted by atomic mass is 32.2. The van der Waals surface area contributed by atoms with Crippen LogP contribution in [0, 0.1) is 0 Å². The lowest BCUT2D eigenvalue weighted by Gasteiger charge is -2.29. The minimum atomic E-state index is -1.49. The molecule has 1 unspecified atom stereocenters. The third kappa shape index (κ3) is 2.62. The van der Waals surface area contributed by atoms with E-state index in [0.29, 0.717) is 5.03 Å². The number of carbonyl (C=O) groups excluding carboxylic acids is 1. The first kappa shape index (κ1) is 16.7. The second-order valence-electron chi connectivity index (χ2n) is 7.36. The van der Waals surface area contributed by atoms with Crippen molar-refractivity contribution in [2.45, 2.75) is 19.3 Å². The number of carbonyl (C=O) groups is 1. The number of nitrogens with zero attached hydrogens (tertiary/aromatic N) is 4. The van der Waals surface area contributed by atoms with E-state index >= 15 is 0 Å². The van der Waals surface area contributed by atoms with Crippen LogP contribution in [0.15, 0.2) is 40.7 Å². The van der Waals surface area contributed by atoms with Crippen molar-refractivity contribution < 1.29 is 9.00 Å². The molecule has 1 atom stereocenters. The number of hydrazine groups is 1. The fourth-order valence-corrected chi connectivity index (χ4v) is 5.26. The molecule has 7 nitrogen and oxygen atoms in total. The number of hydrogen-bond acceptors (Lipinski definition) is 6. The van der Waals surface area contributed by atoms with Crippen molar-refractivity contribution in [1.82, 2.24) is 19.7 Å². The standard InChI is InChI=1S/C19H21N5O2S/c1-22-6-5-13-8-14(10-20-19(13)22)12-3-4-16-15(7-12)11-23(2)24(16)18-9-17(25)21-27(18)26/h7-10H,3-6,11H2,1-2H3,(H,21,25). The molecule has 3 aliphatic heterocycles. The van der Waals surface area contributed by atoms with E-state index in [0.717, 1.165) is 43.9 Å². The van der Waals surface area contributed by atoms with Crippen LogP contribution >= 0.6 is 0 Å². The van der Waals surface area contributed by atoms with Gasteiger partial charge in [0.1, 0.15) is 10.8 Å². The van der Waals surface area contributed by atoms with Crippen LogP contribution in [0.3, 0.4) is 0 Å². The Morgan fingerprint density at radius 3 is 2.81 bits per heavy atom. The van der Waals surface area contributed by atoms with Crippen molar-refractivity contribution in [3.63, 3.8) is 0 Å². The van der Waals surface area contributed by atoms with E-state index in [9.17, 15) is 9.00 Å². The highest BCUT2D eigenvalue weighted by Gasteiger charge is 2.36. The molecular weight excluding hydrogens is 362 g/mol. The van der Waals surface area contributed by atoms with Crippen LogP contribution in [0.25, 0.3) is 5.57 Å². The van der Waals surface area contributed by atoms with E-state index in [2.05, 4.69) is 33.8 Å². The molecule has 140 valence electrons. The monoisotopic (exact) mass is 383 g/mol. The molecule has 4 heterocycles. The van der Waals surface area contributed by atoms with Gasteiger partial charge in [-0.25, -0.2) is 14.2 Å². The molecule has 1 aliphatic carbocycles. The van der Waals surface area contributed by atoms with Gasteiger partial charge in [-0.05, 0) is 47.6 Å². The van der Waals surface area contributed by atoms with Gasteiger partial charge in [-0.3, -0.25) is 14.5 Å². The lowest BCUT2D eigenvalue weighted by Crippen LogP contribution is -2.35. The molecule has 1 amide bonds. The van der Waals surface area contributed by atoms with Gasteiger partial charge in [0.05, 0.1) is 0 Å². The summed E-state index contributed by atoms with van der Waals surface area (Å²) in [4.78, 5) is 18.4. The third-order valence-electron chi connectivity index (χ3n) is 5.58. The molecular formula is C19H21N5O2S. The fraction of sp³-hybridized carbons (Fsp3) is 0.368. The molecule has 1 N–H and O–H groups in total. The predicted octanol–water partition coefficient (Wildman–Crippen LogP) is 1.30. The Kier molecular flexibility index (Phi) is 3.73. The minimum Gasteiger partial charge on any atom is -0.359 e. The maximum atomic E-state index is 12.2. The number of nitrogens with one attached hydrogen (secondary N) is 1. The normalized spacial score (nSPS) is 24.8. The van der Waals surface area contributed by atoms with E-state index in [4.69, 9.17) is 0 Å². The van der Waals surface area contributed by atoms with Crippen LogP contribution in [0.4, 0.5) is 5.82 Å². The van der Waals surface area contributed by atoms with Gasteiger partial charge in [-0.1, -0.05) is 6.08 Å². The van der Waals surface area contributed by atoms with Gasteiger partial charge in [0.2, 0.25) is 0 Å². The zero-order chi connectivity index (χ0) is 18.7. The lowest BCUT2D eigenvalue weighted by molar-refractivity contribution is -0.114. The zero-order valence-electron chi connectivity index (χ0n) is 15.4. The van der Waals surface area contributed by atoms with Gasteiger partial charge in [0, 0.05) is 45.2 Å². The molecule has 1 aromatic rings. The van der Waals surface area contributed by atoms with Crippen molar-refractivity contribution in [3.8, 4) is 0 Å². The lowest BCUT2D eigenvalue weighted by atomic mass is 9.92. The number of fused-ring (bicyclic) bond motifs is 1. The SMILES string of the molecule is CN1CCc2cc(C3=CC4=C(CC3)N(C3=CC(=O)NS3=O)N(C)C4)cnc21. The Bertz CT molecular complexity index is 980. The molecule has 1 aromatic heterocycles. The fourth-order valence-electron chi connectivity index (χ4n) is 4.29. The molecule has 0 saturated heterocycles. The molecule has 4 aliphatic rings. The second kappa shape index (κ2) is 6.03. The van der Waals surface area contributed by atoms with Crippen LogP contribution in [0.2, 0.25) is 0 Å². The molecule has 0 fully saturated rings. The molecule has 0 radical (unpaired) electrons. The second-order valence-corrected chi connectivity index (χ2v) is 8.52. The molecule has 0 bridgehead atoms. The van der Waals surface area contributed by atoms with E-state index in [-0.39, 0.29) is 5.91 Å². The zero-order valence-corrected chi connectivity index (χ0v) is 16.2. The Balaban J connectivity index is 1.48. The summed E-state index contributed by atoms with van der Waals surface area (Å²) in [5.41, 5.74) is 6.15. The average molecular weight is 383 g/mol. The first-order chi connectivity index (χ1) is 13.0. The quantitative estimate of drug-likeness (QED) is 0.830. The van der Waals surface area contributed by atoms with E-state index in [1.54, 1.807) is 0 Å². The molecule has 0 aromatic carbocycles. The summed E-state index contributed by atoms with van der Waals surface area (Å²) >= 11 is 0. The Labute approximate surface area is 160 Å². The van der Waals surface area contributed by atoms with Crippen LogP contribution < -0.4 is 9.62 Å². The topological polar surface area (TPSA) is 68.8 Å². The first-order valence-corrected chi connectivity index (χ1v) is 10.2. The molecule has 8 heteroatoms. The number of allylic oxidation sites excluding steroid dienone is 2. The van der Waals surface area contributed by atoms with Crippen molar-refractivity contribution in [1.29, 1.82) is 0 Å². The number of rotatable bonds is 2. The van der Waals surface area contributed by atoms with Crippen molar-refractivity contribution >= 4 is 28.3 Å². The highest BCUT2D eigenvalue weighted by Crippen LogP contribution is 2.40. The third-order valence-corrected chi connectivity index (χ3v) is 6.64. The van der Waals surface area contributed by atoms with Crippen molar-refractivity contribution in [3.05, 3.63) is 51.8 Å². The summed E-state index contributed by atoms with van der Waals surface area (Å²) < 4.78 is 14.6. The summed E-state index contributed by atoms with van der Waals surface area (Å²) in [6, 6.07) is 2.27. The maximum absolute atomic E-state index is 12.2. The Morgan fingerprint density at radius 2 is 2.04 bits per heavy atom. The van der Waals surface area contributed by atoms with Gasteiger partial charge < -0.3 is 4.90 Å². The van der Waals surface area contributed by atoms with Crippen LogP contribution in [-0.4, -0.2) is 52.3 Å². The van der Waals surface area contributed by atoms with Crippen molar-refractivity contribution in [2.24, 2.45) is 0 Å². The van der Waals surface area contributed by atoms with Gasteiger partial charge in [0.25, 0.3) is 5.91 Å². The summed E-state index contributed by atoms with van der Waals surface area (Å²) in [5.74, 6) is 0.793. The molecule has 0 saturated carbocycles. The maximum Gasteiger partial charge on any atom is 0.258 e. The Hall–Kier alpha value is -2.45. The average Bonchev–Trinajstić information content (AvgIpc) is 3.28. The van der Waals surface area contributed by atoms with Gasteiger partial charge >= 0.3 is 0 Å². The number of anilines is 1. The van der Waals surface area contributed by atoms with Crippen LogP contribution in [0.5, 0.6) is 0 Å². The number of hydrogen-bond donors (Lipinski definition) is 1. The van der Waals surface area contributed by atoms with E-state index in [1.807, 2.05) is 23.3 Å². The van der Waals surface area contributed by atoms with E-state index in [1.165, 1.54) is 28.3 Å². The van der Waals surface area contributed by atoms with Gasteiger partial charge in [-0.15, -0.1) is 0 Å². The molecule has 27 heavy (non-hydrogen) atoms. The largest absolute Gasteiger partial charge is 0.359 e. The highest BCUT2D eigenvalue weighted by molar-refractivity contribution is 7.88. The smallest absolute Gasteiger partial charge is 0.258 e. The number of aromatic nitrogens is 1. The first-order valence-electron chi connectivity index (χ1n) is 9.09. The molecule has 0 spiro atoms. The van der Waals surface area contributed by atoms with Crippen molar-refractivity contribution in [2.75, 3.05) is 32.1 Å². The number of likely N-dealkylation sites (N-methyl/N-ethyl adjacent to an activating group) is 2. The van der Waals surface area contributed by atoms with Gasteiger partial charge in [0.15, 0.2) is 11.0 Å². The summed E-state index contributed by atoms with van der Waals surface area (Å²) in [6.45, 7) is 1.77. The number of amides is 1. The summed E-state index contributed by atoms with van der Waals surface area (Å²) in [5, 5.41) is 4.47. The van der Waals surface area contributed by atoms with Crippen LogP contribution in [-0.2, 0) is 22.2 Å². The van der Waals surface area contributed by atoms with E-state index < -0.39 is 11.0 Å². The summed E-state index contributed by atoms with van der Waals surface area (Å²) in [6.07, 6.45) is 8.46. The van der Waals surface area contributed by atoms with Crippen LogP contribution in [0.1, 0.15) is 24.0 Å². The summed E-state index contributed by atoms with van der Waals surface area (Å²) in [7, 11) is 2.55. The molecule has 5 rings (SSSR count). The predicted molar refractivity (Wildman–Crippen MR) is 104 cm³/mol. The van der Waals surface area contributed by atoms with Gasteiger partial charge in [-0.2, -0.15) is 0 Å². The minimum absolute atomic E-state index is 0.299. The number of pyridine rings is 1. The Morgan fingerprint density at radius 1 is 1.19 bits per heavy atom.